The first-order chi connectivity index (χ1) is 15.3. The van der Waals surface area contributed by atoms with Gasteiger partial charge in [0.05, 0.1) is 31.5 Å². The van der Waals surface area contributed by atoms with Crippen LogP contribution in [0.1, 0.15) is 30.0 Å². The molecular weight excluding hydrogens is 429 g/mol. The van der Waals surface area contributed by atoms with Crippen LogP contribution in [-0.4, -0.2) is 30.5 Å². The second kappa shape index (κ2) is 10.1. The second-order valence-electron chi connectivity index (χ2n) is 6.43. The zero-order chi connectivity index (χ0) is 23.1. The molecular formula is C22H21F3N2O5. The van der Waals surface area contributed by atoms with Gasteiger partial charge in [-0.3, -0.25) is 0 Å². The summed E-state index contributed by atoms with van der Waals surface area (Å²) in [5.41, 5.74) is 1.55. The number of nitrogens with zero attached hydrogens (tertiary/aromatic N) is 2. The first-order valence-corrected chi connectivity index (χ1v) is 9.75. The van der Waals surface area contributed by atoms with Gasteiger partial charge in [-0.1, -0.05) is 0 Å². The molecule has 0 aliphatic carbocycles. The van der Waals surface area contributed by atoms with Crippen LogP contribution in [0.2, 0.25) is 0 Å². The average molecular weight is 450 g/mol. The molecule has 3 rings (SSSR count). The minimum atomic E-state index is -4.85. The molecule has 7 nitrogen and oxygen atoms in total. The number of alkyl halides is 3. The molecule has 0 amide bonds. The first kappa shape index (κ1) is 23.0. The molecule has 170 valence electrons. The highest BCUT2D eigenvalue weighted by Crippen LogP contribution is 2.38. The fourth-order valence-corrected chi connectivity index (χ4v) is 2.94. The summed E-state index contributed by atoms with van der Waals surface area (Å²) in [5.74, 6) is -0.436. The summed E-state index contributed by atoms with van der Waals surface area (Å²) < 4.78 is 58.0. The number of rotatable bonds is 9. The lowest BCUT2D eigenvalue weighted by Gasteiger charge is -2.25. The molecule has 2 aromatic carbocycles. The lowest BCUT2D eigenvalue weighted by atomic mass is 10.1. The third-order valence-electron chi connectivity index (χ3n) is 4.25. The Hall–Kier alpha value is -3.69. The normalized spacial score (nSPS) is 11.2. The van der Waals surface area contributed by atoms with Crippen LogP contribution < -0.4 is 14.4 Å². The molecule has 0 spiro atoms. The van der Waals surface area contributed by atoms with Crippen LogP contribution in [0.5, 0.6) is 11.5 Å². The molecule has 0 saturated heterocycles. The van der Waals surface area contributed by atoms with Gasteiger partial charge in [0.1, 0.15) is 5.76 Å². The molecule has 10 heteroatoms. The van der Waals surface area contributed by atoms with E-state index in [-0.39, 0.29) is 25.5 Å². The van der Waals surface area contributed by atoms with Crippen molar-refractivity contribution < 1.29 is 36.6 Å². The molecule has 3 aromatic rings. The van der Waals surface area contributed by atoms with E-state index in [4.69, 9.17) is 13.9 Å². The van der Waals surface area contributed by atoms with Gasteiger partial charge in [-0.25, -0.2) is 9.78 Å². The molecule has 0 atom stereocenters. The summed E-state index contributed by atoms with van der Waals surface area (Å²) in [6, 6.07) is 10.7. The lowest BCUT2D eigenvalue weighted by molar-refractivity contribution is -0.275. The Balaban J connectivity index is 1.98. The molecule has 1 heterocycles. The Labute approximate surface area is 182 Å². The van der Waals surface area contributed by atoms with E-state index in [0.717, 1.165) is 0 Å². The fourth-order valence-electron chi connectivity index (χ4n) is 2.94. The summed E-state index contributed by atoms with van der Waals surface area (Å²) in [6.45, 7) is 4.00. The molecule has 1 aromatic heterocycles. The number of hydrogen-bond acceptors (Lipinski definition) is 7. The lowest BCUT2D eigenvalue weighted by Crippen LogP contribution is -2.19. The van der Waals surface area contributed by atoms with E-state index in [1.807, 2.05) is 0 Å². The smallest absolute Gasteiger partial charge is 0.490 e. The van der Waals surface area contributed by atoms with Gasteiger partial charge in [-0.05, 0) is 50.2 Å². The third-order valence-corrected chi connectivity index (χ3v) is 4.25. The van der Waals surface area contributed by atoms with Crippen LogP contribution in [-0.2, 0) is 11.3 Å². The summed E-state index contributed by atoms with van der Waals surface area (Å²) in [4.78, 5) is 17.6. The van der Waals surface area contributed by atoms with Crippen molar-refractivity contribution >= 4 is 17.3 Å². The number of carbonyl (C=O) groups is 1. The quantitative estimate of drug-likeness (QED) is 0.399. The van der Waals surface area contributed by atoms with E-state index in [2.05, 4.69) is 9.72 Å². The number of oxazole rings is 1. The zero-order valence-electron chi connectivity index (χ0n) is 17.4. The van der Waals surface area contributed by atoms with Crippen LogP contribution in [0, 0.1) is 0 Å². The largest absolute Gasteiger partial charge is 0.573 e. The predicted molar refractivity (Wildman–Crippen MR) is 109 cm³/mol. The van der Waals surface area contributed by atoms with Crippen molar-refractivity contribution in [3.63, 3.8) is 0 Å². The average Bonchev–Trinajstić information content (AvgIpc) is 3.26. The van der Waals surface area contributed by atoms with Gasteiger partial charge in [-0.15, -0.1) is 13.2 Å². The predicted octanol–water partition coefficient (Wildman–Crippen LogP) is 5.49. The SMILES string of the molecule is CCOC(=O)c1ccc(N(Cc2cnco2)c2ccc(OC(F)(F)F)c(OCC)c2)cc1. The molecule has 0 fully saturated rings. The highest BCUT2D eigenvalue weighted by atomic mass is 19.4. The van der Waals surface area contributed by atoms with E-state index in [1.165, 1.54) is 30.8 Å². The number of aromatic nitrogens is 1. The van der Waals surface area contributed by atoms with Gasteiger partial charge in [-0.2, -0.15) is 0 Å². The van der Waals surface area contributed by atoms with Crippen molar-refractivity contribution in [3.05, 3.63) is 66.4 Å². The summed E-state index contributed by atoms with van der Waals surface area (Å²) in [7, 11) is 0. The second-order valence-corrected chi connectivity index (χ2v) is 6.43. The Morgan fingerprint density at radius 1 is 1.03 bits per heavy atom. The first-order valence-electron chi connectivity index (χ1n) is 9.75. The van der Waals surface area contributed by atoms with E-state index in [0.29, 0.717) is 22.7 Å². The molecule has 0 bridgehead atoms. The summed E-state index contributed by atoms with van der Waals surface area (Å²) in [6.07, 6.45) is -2.04. The standard InChI is InChI=1S/C22H21F3N2O5/c1-3-29-20-11-17(9-10-19(20)32-22(23,24)25)27(13-18-12-26-14-31-18)16-7-5-15(6-8-16)21(28)30-4-2/h5-12,14H,3-4,13H2,1-2H3. The molecule has 0 radical (unpaired) electrons. The van der Waals surface area contributed by atoms with Crippen LogP contribution in [0.3, 0.4) is 0 Å². The monoisotopic (exact) mass is 450 g/mol. The van der Waals surface area contributed by atoms with Gasteiger partial charge in [0.25, 0.3) is 0 Å². The van der Waals surface area contributed by atoms with Crippen molar-refractivity contribution in [1.29, 1.82) is 0 Å². The maximum Gasteiger partial charge on any atom is 0.573 e. The number of hydrogen-bond donors (Lipinski definition) is 0. The zero-order valence-corrected chi connectivity index (χ0v) is 17.4. The molecule has 0 aliphatic heterocycles. The van der Waals surface area contributed by atoms with E-state index in [1.54, 1.807) is 43.0 Å². The van der Waals surface area contributed by atoms with Crippen LogP contribution in [0.4, 0.5) is 24.5 Å². The topological polar surface area (TPSA) is 74.0 Å². The Morgan fingerprint density at radius 2 is 1.75 bits per heavy atom. The maximum atomic E-state index is 12.8. The van der Waals surface area contributed by atoms with Gasteiger partial charge in [0.2, 0.25) is 0 Å². The van der Waals surface area contributed by atoms with Crippen molar-refractivity contribution in [1.82, 2.24) is 4.98 Å². The Kier molecular flexibility index (Phi) is 7.24. The minimum absolute atomic E-state index is 0.0620. The molecule has 32 heavy (non-hydrogen) atoms. The molecule has 0 saturated carbocycles. The van der Waals surface area contributed by atoms with Crippen molar-refractivity contribution in [3.8, 4) is 11.5 Å². The van der Waals surface area contributed by atoms with Crippen molar-refractivity contribution in [2.75, 3.05) is 18.1 Å². The minimum Gasteiger partial charge on any atom is -0.490 e. The van der Waals surface area contributed by atoms with Crippen LogP contribution in [0.15, 0.2) is 59.5 Å². The number of carbonyl (C=O) groups excluding carboxylic acids is 1. The van der Waals surface area contributed by atoms with Gasteiger partial charge < -0.3 is 23.5 Å². The number of benzene rings is 2. The molecule has 0 aliphatic rings. The Bertz CT molecular complexity index is 1020. The van der Waals surface area contributed by atoms with Crippen molar-refractivity contribution in [2.45, 2.75) is 26.8 Å². The fraction of sp³-hybridized carbons (Fsp3) is 0.273. The molecule has 0 N–H and O–H groups in total. The Morgan fingerprint density at radius 3 is 2.34 bits per heavy atom. The van der Waals surface area contributed by atoms with E-state index >= 15 is 0 Å². The maximum absolute atomic E-state index is 12.8. The van der Waals surface area contributed by atoms with Crippen LogP contribution in [0.25, 0.3) is 0 Å². The van der Waals surface area contributed by atoms with Gasteiger partial charge >= 0.3 is 12.3 Å². The van der Waals surface area contributed by atoms with E-state index < -0.39 is 18.1 Å². The number of anilines is 2. The van der Waals surface area contributed by atoms with Crippen LogP contribution >= 0.6 is 0 Å². The van der Waals surface area contributed by atoms with Gasteiger partial charge in [0, 0.05) is 17.4 Å². The highest BCUT2D eigenvalue weighted by molar-refractivity contribution is 5.90. The summed E-state index contributed by atoms with van der Waals surface area (Å²) in [5, 5.41) is 0. The van der Waals surface area contributed by atoms with Gasteiger partial charge in [0.15, 0.2) is 17.9 Å². The van der Waals surface area contributed by atoms with E-state index in [9.17, 15) is 18.0 Å². The number of esters is 1. The highest BCUT2D eigenvalue weighted by Gasteiger charge is 2.32. The number of ether oxygens (including phenoxy) is 3. The summed E-state index contributed by atoms with van der Waals surface area (Å²) >= 11 is 0. The van der Waals surface area contributed by atoms with Crippen molar-refractivity contribution in [2.24, 2.45) is 0 Å². The molecule has 0 unspecified atom stereocenters. The number of halogens is 3. The third kappa shape index (κ3) is 5.93.